The van der Waals surface area contributed by atoms with Crippen LogP contribution in [0.4, 0.5) is 4.79 Å². The van der Waals surface area contributed by atoms with E-state index in [1.165, 1.54) is 21.9 Å². The van der Waals surface area contributed by atoms with E-state index in [9.17, 15) is 18.0 Å². The van der Waals surface area contributed by atoms with Gasteiger partial charge in [0.15, 0.2) is 14.6 Å². The van der Waals surface area contributed by atoms with Crippen molar-refractivity contribution in [1.29, 1.82) is 0 Å². The van der Waals surface area contributed by atoms with Gasteiger partial charge in [0.2, 0.25) is 0 Å². The summed E-state index contributed by atoms with van der Waals surface area (Å²) in [5.41, 5.74) is 3.66. The first kappa shape index (κ1) is 23.1. The Morgan fingerprint density at radius 3 is 2.61 bits per heavy atom. The Bertz CT molecular complexity index is 1130. The van der Waals surface area contributed by atoms with Crippen LogP contribution in [0.15, 0.2) is 30.5 Å². The van der Waals surface area contributed by atoms with Gasteiger partial charge in [0.25, 0.3) is 5.91 Å². The highest BCUT2D eigenvalue weighted by Gasteiger charge is 2.44. The van der Waals surface area contributed by atoms with E-state index in [1.54, 1.807) is 18.3 Å². The summed E-state index contributed by atoms with van der Waals surface area (Å²) in [4.78, 5) is 26.2. The molecule has 1 atom stereocenters. The van der Waals surface area contributed by atoms with Gasteiger partial charge in [0.1, 0.15) is 5.75 Å². The predicted molar refractivity (Wildman–Crippen MR) is 115 cm³/mol. The zero-order valence-electron chi connectivity index (χ0n) is 17.4. The van der Waals surface area contributed by atoms with Crippen LogP contribution < -0.4 is 10.2 Å². The molecule has 2 aromatic rings. The number of hydroxylamine groups is 1. The molecular formula is C20H24ClN3O6S. The number of fused-ring (bicyclic) bond motifs is 1. The van der Waals surface area contributed by atoms with E-state index in [0.717, 1.165) is 23.1 Å². The molecule has 0 fully saturated rings. The maximum absolute atomic E-state index is 12.8. The molecule has 11 heteroatoms. The summed E-state index contributed by atoms with van der Waals surface area (Å²) in [6, 6.07) is 6.86. The minimum Gasteiger partial charge on any atom is -0.494 e. The number of nitrogens with one attached hydrogen (secondary N) is 1. The summed E-state index contributed by atoms with van der Waals surface area (Å²) in [6.45, 7) is 3.91. The van der Waals surface area contributed by atoms with E-state index in [0.29, 0.717) is 17.4 Å². The Morgan fingerprint density at radius 1 is 1.35 bits per heavy atom. The Kier molecular flexibility index (Phi) is 6.35. The van der Waals surface area contributed by atoms with Crippen molar-refractivity contribution in [2.24, 2.45) is 0 Å². The minimum absolute atomic E-state index is 0.0245. The van der Waals surface area contributed by atoms with Crippen LogP contribution >= 0.6 is 11.6 Å². The van der Waals surface area contributed by atoms with E-state index >= 15 is 0 Å². The van der Waals surface area contributed by atoms with E-state index < -0.39 is 20.5 Å². The number of nitrogens with zero attached hydrogens (tertiary/aromatic N) is 2. The van der Waals surface area contributed by atoms with Crippen LogP contribution in [0.3, 0.4) is 0 Å². The summed E-state index contributed by atoms with van der Waals surface area (Å²) in [7, 11) is -3.84. The van der Waals surface area contributed by atoms with Gasteiger partial charge < -0.3 is 9.64 Å². The Balaban J connectivity index is 1.77. The number of sulfone groups is 1. The summed E-state index contributed by atoms with van der Waals surface area (Å²) < 4.78 is 29.3. The van der Waals surface area contributed by atoms with Crippen LogP contribution in [0.25, 0.3) is 11.1 Å². The second kappa shape index (κ2) is 8.52. The second-order valence-electron chi connectivity index (χ2n) is 7.56. The standard InChI is InChI=1S/C20H24ClN3O6S/c1-4-30-15-5-6-16(17(21)10-15)13-9-14-12-23(19(26)24(14)11-13)8-7-20(2,18(25)22-27)31(3,28)29/h5-6,9-11,27H,4,7-8,12H2,1-3H3,(H,22,25)/t20-/m1/s1. The van der Waals surface area contributed by atoms with Crippen molar-refractivity contribution in [1.82, 2.24) is 14.9 Å². The third-order valence-electron chi connectivity index (χ3n) is 5.55. The number of aromatic nitrogens is 1. The zero-order chi connectivity index (χ0) is 23.0. The molecular weight excluding hydrogens is 446 g/mol. The monoisotopic (exact) mass is 469 g/mol. The van der Waals surface area contributed by atoms with E-state index in [4.69, 9.17) is 21.5 Å². The second-order valence-corrected chi connectivity index (χ2v) is 10.4. The van der Waals surface area contributed by atoms with Crippen LogP contribution in [-0.2, 0) is 21.2 Å². The molecule has 31 heavy (non-hydrogen) atoms. The highest BCUT2D eigenvalue weighted by atomic mass is 35.5. The zero-order valence-corrected chi connectivity index (χ0v) is 19.0. The van der Waals surface area contributed by atoms with Crippen molar-refractivity contribution >= 4 is 33.4 Å². The van der Waals surface area contributed by atoms with Crippen LogP contribution in [0.2, 0.25) is 5.02 Å². The summed E-state index contributed by atoms with van der Waals surface area (Å²) in [5, 5.41) is 9.43. The van der Waals surface area contributed by atoms with Gasteiger partial charge in [0.05, 0.1) is 18.2 Å². The molecule has 0 aliphatic carbocycles. The van der Waals surface area contributed by atoms with Gasteiger partial charge in [-0.05, 0) is 44.5 Å². The van der Waals surface area contributed by atoms with Gasteiger partial charge in [-0.2, -0.15) is 0 Å². The van der Waals surface area contributed by atoms with Gasteiger partial charge in [0, 0.05) is 35.8 Å². The molecule has 2 heterocycles. The van der Waals surface area contributed by atoms with Crippen LogP contribution in [0.5, 0.6) is 5.75 Å². The number of hydrogen-bond donors (Lipinski definition) is 2. The van der Waals surface area contributed by atoms with Crippen LogP contribution in [0, 0.1) is 0 Å². The normalized spacial score (nSPS) is 15.5. The molecule has 3 rings (SSSR count). The highest BCUT2D eigenvalue weighted by Crippen LogP contribution is 2.34. The third kappa shape index (κ3) is 4.28. The van der Waals surface area contributed by atoms with Gasteiger partial charge in [-0.1, -0.05) is 11.6 Å². The van der Waals surface area contributed by atoms with Crippen LogP contribution in [0.1, 0.15) is 26.0 Å². The first-order valence-corrected chi connectivity index (χ1v) is 11.9. The lowest BCUT2D eigenvalue weighted by Crippen LogP contribution is -2.50. The van der Waals surface area contributed by atoms with Crippen molar-refractivity contribution in [3.8, 4) is 16.9 Å². The lowest BCUT2D eigenvalue weighted by atomic mass is 10.1. The fraction of sp³-hybridized carbons (Fsp3) is 0.400. The highest BCUT2D eigenvalue weighted by molar-refractivity contribution is 7.92. The molecule has 0 unspecified atom stereocenters. The Hall–Kier alpha value is -2.56. The molecule has 1 aromatic carbocycles. The van der Waals surface area contributed by atoms with E-state index in [1.807, 2.05) is 19.1 Å². The number of halogens is 1. The summed E-state index contributed by atoms with van der Waals surface area (Å²) in [6.07, 6.45) is 2.44. The maximum atomic E-state index is 12.8. The summed E-state index contributed by atoms with van der Waals surface area (Å²) in [5.74, 6) is -0.375. The van der Waals surface area contributed by atoms with E-state index in [-0.39, 0.29) is 25.5 Å². The molecule has 0 bridgehead atoms. The largest absolute Gasteiger partial charge is 0.494 e. The first-order valence-electron chi connectivity index (χ1n) is 9.59. The predicted octanol–water partition coefficient (Wildman–Crippen LogP) is 2.69. The van der Waals surface area contributed by atoms with Gasteiger partial charge in [-0.15, -0.1) is 0 Å². The Morgan fingerprint density at radius 2 is 2.06 bits per heavy atom. The van der Waals surface area contributed by atoms with E-state index in [2.05, 4.69) is 0 Å². The molecule has 2 amide bonds. The van der Waals surface area contributed by atoms with Crippen LogP contribution in [-0.4, -0.2) is 59.2 Å². The number of carbonyl (C=O) groups excluding carboxylic acids is 2. The molecule has 0 saturated carbocycles. The van der Waals surface area contributed by atoms with Crippen molar-refractivity contribution in [2.45, 2.75) is 31.6 Å². The molecule has 0 spiro atoms. The number of ether oxygens (including phenoxy) is 1. The number of benzene rings is 1. The van der Waals surface area contributed by atoms with Crippen molar-refractivity contribution in [3.05, 3.63) is 41.2 Å². The van der Waals surface area contributed by atoms with Gasteiger partial charge in [-0.25, -0.2) is 18.7 Å². The lowest BCUT2D eigenvalue weighted by Gasteiger charge is -2.27. The fourth-order valence-corrected chi connectivity index (χ4v) is 4.59. The SMILES string of the molecule is CCOc1ccc(-c2cc3n(c2)C(=O)N(CC[C@](C)(C(=O)NO)S(C)(=O)=O)C3)c(Cl)c1. The average molecular weight is 470 g/mol. The first-order chi connectivity index (χ1) is 14.5. The molecule has 0 saturated heterocycles. The maximum Gasteiger partial charge on any atom is 0.328 e. The number of rotatable bonds is 8. The van der Waals surface area contributed by atoms with Crippen molar-refractivity contribution in [3.63, 3.8) is 0 Å². The smallest absolute Gasteiger partial charge is 0.328 e. The molecule has 1 aliphatic rings. The molecule has 0 radical (unpaired) electrons. The topological polar surface area (TPSA) is 118 Å². The quantitative estimate of drug-likeness (QED) is 0.453. The molecule has 1 aliphatic heterocycles. The minimum atomic E-state index is -3.84. The van der Waals surface area contributed by atoms with Gasteiger partial charge >= 0.3 is 6.03 Å². The van der Waals surface area contributed by atoms with Crippen molar-refractivity contribution < 1.29 is 28.0 Å². The molecule has 168 valence electrons. The molecule has 1 aromatic heterocycles. The molecule has 2 N–H and O–H groups in total. The number of hydrogen-bond acceptors (Lipinski definition) is 6. The fourth-order valence-electron chi connectivity index (χ4n) is 3.47. The summed E-state index contributed by atoms with van der Waals surface area (Å²) >= 11 is 6.37. The third-order valence-corrected chi connectivity index (χ3v) is 7.89. The Labute approximate surface area is 185 Å². The number of amides is 2. The molecule has 9 nitrogen and oxygen atoms in total. The van der Waals surface area contributed by atoms with Crippen molar-refractivity contribution in [2.75, 3.05) is 19.4 Å². The lowest BCUT2D eigenvalue weighted by molar-refractivity contribution is -0.131. The number of carbonyl (C=O) groups is 2. The van der Waals surface area contributed by atoms with Gasteiger partial charge in [-0.3, -0.25) is 14.6 Å². The average Bonchev–Trinajstić information content (AvgIpc) is 3.24.